The number of hydrogen-bond donors (Lipinski definition) is 0. The molecule has 1 aliphatic heterocycles. The van der Waals surface area contributed by atoms with Crippen LogP contribution in [0.2, 0.25) is 0 Å². The van der Waals surface area contributed by atoms with Crippen LogP contribution in [0.4, 0.5) is 0 Å². The van der Waals surface area contributed by atoms with Crippen molar-refractivity contribution in [3.8, 4) is 0 Å². The van der Waals surface area contributed by atoms with Gasteiger partial charge < -0.3 is 0 Å². The molecule has 0 aromatic heterocycles. The van der Waals surface area contributed by atoms with Crippen molar-refractivity contribution < 1.29 is 10.0 Å². The maximum absolute atomic E-state index is 9.87. The van der Waals surface area contributed by atoms with Crippen molar-refractivity contribution in [3.63, 3.8) is 0 Å². The van der Waals surface area contributed by atoms with E-state index in [4.69, 9.17) is 0 Å². The zero-order valence-electron chi connectivity index (χ0n) is 6.15. The average molecular weight is 158 g/mol. The van der Waals surface area contributed by atoms with Crippen LogP contribution in [0.1, 0.15) is 12.8 Å². The van der Waals surface area contributed by atoms with Gasteiger partial charge in [0, 0.05) is 13.1 Å². The van der Waals surface area contributed by atoms with Crippen molar-refractivity contribution in [3.05, 3.63) is 22.3 Å². The molecule has 0 bridgehead atoms. The highest BCUT2D eigenvalue weighted by atomic mass is 17.0. The molecular formula is C6H10N2O3. The maximum Gasteiger partial charge on any atom is 0.312 e. The molecule has 5 nitrogen and oxygen atoms in total. The molecule has 1 aliphatic rings. The predicted molar refractivity (Wildman–Crippen MR) is 38.0 cm³/mol. The summed E-state index contributed by atoms with van der Waals surface area (Å²) in [5.41, 5.74) is 1.13. The maximum atomic E-state index is 9.87. The number of piperidine rings is 1. The van der Waals surface area contributed by atoms with E-state index in [-0.39, 0.29) is 0 Å². The van der Waals surface area contributed by atoms with Crippen molar-refractivity contribution in [1.29, 1.82) is 0 Å². The van der Waals surface area contributed by atoms with Crippen LogP contribution in [0.3, 0.4) is 0 Å². The minimum absolute atomic E-state index is 0.569. The molecule has 5 heteroatoms. The minimum Gasteiger partial charge on any atom is -0.217 e. The summed E-state index contributed by atoms with van der Waals surface area (Å²) < 4.78 is 0. The Morgan fingerprint density at radius 3 is 2.55 bits per heavy atom. The Hall–Kier alpha value is -1.10. The van der Waals surface area contributed by atoms with Crippen molar-refractivity contribution in [2.75, 3.05) is 13.1 Å². The molecule has 0 N–H and O–H groups in total. The monoisotopic (exact) mass is 158 g/mol. The van der Waals surface area contributed by atoms with Crippen LogP contribution in [0, 0.1) is 10.1 Å². The fourth-order valence-corrected chi connectivity index (χ4v) is 0.978. The first kappa shape index (κ1) is 8.00. The van der Waals surface area contributed by atoms with Gasteiger partial charge in [0.15, 0.2) is 0 Å². The molecule has 0 atom stereocenters. The van der Waals surface area contributed by atoms with Gasteiger partial charge in [0.1, 0.15) is 0 Å². The number of rotatable bonds is 2. The molecule has 1 rings (SSSR count). The minimum atomic E-state index is -0.784. The van der Waals surface area contributed by atoms with Crippen molar-refractivity contribution in [2.45, 2.75) is 12.8 Å². The van der Waals surface area contributed by atoms with E-state index in [1.165, 1.54) is 5.06 Å². The molecule has 62 valence electrons. The molecule has 0 aromatic rings. The first-order valence-corrected chi connectivity index (χ1v) is 3.42. The van der Waals surface area contributed by atoms with E-state index in [1.54, 1.807) is 0 Å². The zero-order valence-corrected chi connectivity index (χ0v) is 6.15. The summed E-state index contributed by atoms with van der Waals surface area (Å²) in [4.78, 5) is 14.1. The molecule has 0 aromatic carbocycles. The van der Waals surface area contributed by atoms with Gasteiger partial charge in [0.05, 0.1) is 0 Å². The molecule has 0 saturated carbocycles. The van der Waals surface area contributed by atoms with Gasteiger partial charge in [-0.1, -0.05) is 12.2 Å². The summed E-state index contributed by atoms with van der Waals surface area (Å²) in [6.07, 6.45) is 1.57. The van der Waals surface area contributed by atoms with E-state index in [2.05, 4.69) is 11.5 Å². The SMILES string of the molecule is C=C1CCN(O[N+](=O)[O-])CC1. The van der Waals surface area contributed by atoms with E-state index >= 15 is 0 Å². The Balaban J connectivity index is 2.28. The molecule has 0 spiro atoms. The van der Waals surface area contributed by atoms with Crippen LogP contribution in [-0.4, -0.2) is 23.2 Å². The van der Waals surface area contributed by atoms with Gasteiger partial charge in [0.25, 0.3) is 0 Å². The standard InChI is InChI=1S/C6H10N2O3/c1-6-2-4-7(5-3-6)11-8(9)10/h1-5H2. The summed E-state index contributed by atoms with van der Waals surface area (Å²) in [7, 11) is 0. The molecule has 0 radical (unpaired) electrons. The largest absolute Gasteiger partial charge is 0.312 e. The van der Waals surface area contributed by atoms with Crippen molar-refractivity contribution in [1.82, 2.24) is 5.06 Å². The van der Waals surface area contributed by atoms with Gasteiger partial charge in [-0.05, 0) is 12.8 Å². The van der Waals surface area contributed by atoms with Crippen LogP contribution in [-0.2, 0) is 4.94 Å². The highest BCUT2D eigenvalue weighted by molar-refractivity contribution is 4.97. The van der Waals surface area contributed by atoms with E-state index in [0.29, 0.717) is 13.1 Å². The lowest BCUT2D eigenvalue weighted by molar-refractivity contribution is -0.811. The summed E-state index contributed by atoms with van der Waals surface area (Å²) in [6.45, 7) is 4.91. The summed E-state index contributed by atoms with van der Waals surface area (Å²) in [6, 6.07) is 0. The Labute approximate surface area is 64.3 Å². The van der Waals surface area contributed by atoms with Crippen molar-refractivity contribution >= 4 is 0 Å². The van der Waals surface area contributed by atoms with Gasteiger partial charge in [-0.25, -0.2) is 4.94 Å². The van der Waals surface area contributed by atoms with E-state index in [0.717, 1.165) is 18.4 Å². The first-order chi connectivity index (χ1) is 5.18. The zero-order chi connectivity index (χ0) is 8.27. The van der Waals surface area contributed by atoms with Crippen LogP contribution >= 0.6 is 0 Å². The lowest BCUT2D eigenvalue weighted by atomic mass is 10.1. The van der Waals surface area contributed by atoms with Gasteiger partial charge >= 0.3 is 5.09 Å². The molecule has 1 fully saturated rings. The predicted octanol–water partition coefficient (Wildman–Crippen LogP) is 0.762. The van der Waals surface area contributed by atoms with Gasteiger partial charge in [0.2, 0.25) is 0 Å². The fourth-order valence-electron chi connectivity index (χ4n) is 0.978. The third kappa shape index (κ3) is 2.55. The Bertz CT molecular complexity index is 171. The van der Waals surface area contributed by atoms with Crippen LogP contribution in [0.25, 0.3) is 0 Å². The second kappa shape index (κ2) is 3.34. The van der Waals surface area contributed by atoms with E-state index in [9.17, 15) is 10.1 Å². The molecule has 0 aliphatic carbocycles. The van der Waals surface area contributed by atoms with Crippen LogP contribution in [0.15, 0.2) is 12.2 Å². The lowest BCUT2D eigenvalue weighted by Crippen LogP contribution is -2.32. The normalized spacial score (nSPS) is 19.8. The Morgan fingerprint density at radius 2 is 2.09 bits per heavy atom. The second-order valence-corrected chi connectivity index (χ2v) is 2.48. The smallest absolute Gasteiger partial charge is 0.217 e. The Kier molecular flexibility index (Phi) is 2.43. The van der Waals surface area contributed by atoms with Crippen LogP contribution < -0.4 is 0 Å². The molecule has 11 heavy (non-hydrogen) atoms. The number of nitrogens with zero attached hydrogens (tertiary/aromatic N) is 2. The van der Waals surface area contributed by atoms with Gasteiger partial charge in [-0.3, -0.25) is 0 Å². The molecule has 1 heterocycles. The lowest BCUT2D eigenvalue weighted by Gasteiger charge is -2.23. The highest BCUT2D eigenvalue weighted by Crippen LogP contribution is 2.13. The van der Waals surface area contributed by atoms with E-state index in [1.807, 2.05) is 0 Å². The molecule has 0 amide bonds. The molecule has 1 saturated heterocycles. The number of hydroxylamine groups is 2. The average Bonchev–Trinajstić information content (AvgIpc) is 1.93. The van der Waals surface area contributed by atoms with Crippen LogP contribution in [0.5, 0.6) is 0 Å². The quantitative estimate of drug-likeness (QED) is 0.338. The first-order valence-electron chi connectivity index (χ1n) is 3.42. The third-order valence-corrected chi connectivity index (χ3v) is 1.61. The summed E-state index contributed by atoms with van der Waals surface area (Å²) in [5.74, 6) is 0. The Morgan fingerprint density at radius 1 is 1.55 bits per heavy atom. The second-order valence-electron chi connectivity index (χ2n) is 2.48. The summed E-state index contributed by atoms with van der Waals surface area (Å²) in [5, 5.41) is 10.4. The van der Waals surface area contributed by atoms with Gasteiger partial charge in [-0.15, -0.1) is 15.2 Å². The van der Waals surface area contributed by atoms with Crippen molar-refractivity contribution in [2.24, 2.45) is 0 Å². The third-order valence-electron chi connectivity index (χ3n) is 1.61. The molecular weight excluding hydrogens is 148 g/mol. The number of hydrogen-bond acceptors (Lipinski definition) is 4. The topological polar surface area (TPSA) is 55.6 Å². The van der Waals surface area contributed by atoms with E-state index < -0.39 is 5.09 Å². The molecule has 0 unspecified atom stereocenters. The van der Waals surface area contributed by atoms with Gasteiger partial charge in [-0.2, -0.15) is 0 Å². The highest BCUT2D eigenvalue weighted by Gasteiger charge is 2.14. The fraction of sp³-hybridized carbons (Fsp3) is 0.667. The summed E-state index contributed by atoms with van der Waals surface area (Å²) >= 11 is 0.